The molecule has 26 heavy (non-hydrogen) atoms. The van der Waals surface area contributed by atoms with E-state index in [1.54, 1.807) is 24.6 Å². The molecule has 0 aliphatic carbocycles. The number of thioether (sulfide) groups is 1. The molecule has 11 heteroatoms. The monoisotopic (exact) mass is 401 g/mol. The molecule has 136 valence electrons. The number of hydrogen-bond acceptors (Lipinski definition) is 5. The van der Waals surface area contributed by atoms with Gasteiger partial charge in [-0.05, 0) is 24.5 Å². The van der Waals surface area contributed by atoms with Crippen molar-refractivity contribution in [1.29, 1.82) is 0 Å². The fourth-order valence-electron chi connectivity index (χ4n) is 2.26. The van der Waals surface area contributed by atoms with Gasteiger partial charge in [0.05, 0.1) is 22.7 Å². The highest BCUT2D eigenvalue weighted by molar-refractivity contribution is 7.98. The highest BCUT2D eigenvalue weighted by Crippen LogP contribution is 2.32. The van der Waals surface area contributed by atoms with Crippen molar-refractivity contribution >= 4 is 34.9 Å². The lowest BCUT2D eigenvalue weighted by atomic mass is 10.2. The zero-order chi connectivity index (χ0) is 18.9. The highest BCUT2D eigenvalue weighted by atomic mass is 35.5. The summed E-state index contributed by atoms with van der Waals surface area (Å²) in [4.78, 5) is 16.4. The number of rotatable bonds is 4. The largest absolute Gasteiger partial charge is 0.417 e. The van der Waals surface area contributed by atoms with Crippen LogP contribution in [-0.2, 0) is 12.7 Å². The average molecular weight is 402 g/mol. The normalized spacial score (nSPS) is 11.7. The Hall–Kier alpha value is -2.33. The lowest BCUT2D eigenvalue weighted by Crippen LogP contribution is -2.25. The zero-order valence-corrected chi connectivity index (χ0v) is 14.8. The number of pyridine rings is 2. The summed E-state index contributed by atoms with van der Waals surface area (Å²) in [5.41, 5.74) is -0.489. The molecule has 0 aliphatic heterocycles. The van der Waals surface area contributed by atoms with E-state index in [9.17, 15) is 18.0 Å². The molecule has 1 N–H and O–H groups in total. The van der Waals surface area contributed by atoms with Crippen molar-refractivity contribution in [2.75, 3.05) is 6.26 Å². The predicted octanol–water partition coefficient (Wildman–Crippen LogP) is 3.45. The van der Waals surface area contributed by atoms with Crippen LogP contribution in [0.1, 0.15) is 21.7 Å². The summed E-state index contributed by atoms with van der Waals surface area (Å²) in [5, 5.41) is 10.6. The number of halogens is 4. The van der Waals surface area contributed by atoms with Gasteiger partial charge in [0.25, 0.3) is 5.91 Å². The second-order valence-electron chi connectivity index (χ2n) is 5.13. The van der Waals surface area contributed by atoms with Gasteiger partial charge in [0.15, 0.2) is 11.5 Å². The lowest BCUT2D eigenvalue weighted by Gasteiger charge is -2.10. The highest BCUT2D eigenvalue weighted by Gasteiger charge is 2.32. The summed E-state index contributed by atoms with van der Waals surface area (Å²) in [6.07, 6.45) is -0.368. The fraction of sp³-hybridized carbons (Fsp3) is 0.200. The molecular weight excluding hydrogens is 391 g/mol. The molecule has 1 amide bonds. The average Bonchev–Trinajstić information content (AvgIpc) is 3.02. The van der Waals surface area contributed by atoms with Gasteiger partial charge in [-0.25, -0.2) is 4.98 Å². The number of nitrogens with one attached hydrogen (secondary N) is 1. The SMILES string of the molecule is CSc1ncccc1C(=O)NCc1nnc2c(Cl)cc(C(F)(F)F)cn12. The standard InChI is InChI=1S/C15H11ClF3N5OS/c1-26-14-9(3-2-4-20-14)13(25)21-6-11-22-23-12-10(16)5-8(7-24(11)12)15(17,18)19/h2-5,7H,6H2,1H3,(H,21,25). The third kappa shape index (κ3) is 3.61. The maximum Gasteiger partial charge on any atom is 0.417 e. The molecule has 3 aromatic rings. The number of carbonyl (C=O) groups is 1. The van der Waals surface area contributed by atoms with E-state index in [-0.39, 0.29) is 23.0 Å². The second kappa shape index (κ2) is 7.12. The Morgan fingerprint density at radius 2 is 2.15 bits per heavy atom. The summed E-state index contributed by atoms with van der Waals surface area (Å²) in [5.74, 6) is -0.298. The Balaban J connectivity index is 1.87. The molecule has 3 rings (SSSR count). The molecule has 0 unspecified atom stereocenters. The molecule has 0 radical (unpaired) electrons. The van der Waals surface area contributed by atoms with Crippen LogP contribution >= 0.6 is 23.4 Å². The number of hydrogen-bond donors (Lipinski definition) is 1. The number of nitrogens with zero attached hydrogens (tertiary/aromatic N) is 4. The van der Waals surface area contributed by atoms with Crippen LogP contribution in [0.25, 0.3) is 5.65 Å². The molecule has 0 fully saturated rings. The molecule has 0 saturated carbocycles. The topological polar surface area (TPSA) is 72.2 Å². The van der Waals surface area contributed by atoms with Gasteiger partial charge < -0.3 is 5.32 Å². The van der Waals surface area contributed by atoms with E-state index < -0.39 is 17.6 Å². The number of fused-ring (bicyclic) bond motifs is 1. The number of amides is 1. The van der Waals surface area contributed by atoms with E-state index in [2.05, 4.69) is 20.5 Å². The van der Waals surface area contributed by atoms with Gasteiger partial charge in [-0.3, -0.25) is 9.20 Å². The molecule has 0 bridgehead atoms. The Morgan fingerprint density at radius 1 is 1.38 bits per heavy atom. The Labute approximate surface area is 154 Å². The van der Waals surface area contributed by atoms with Crippen molar-refractivity contribution in [2.24, 2.45) is 0 Å². The summed E-state index contributed by atoms with van der Waals surface area (Å²) in [6.45, 7) is -0.125. The lowest BCUT2D eigenvalue weighted by molar-refractivity contribution is -0.137. The Bertz CT molecular complexity index is 976. The van der Waals surface area contributed by atoms with Crippen LogP contribution in [0.15, 0.2) is 35.6 Å². The van der Waals surface area contributed by atoms with Gasteiger partial charge in [-0.2, -0.15) is 13.2 Å². The van der Waals surface area contributed by atoms with Crippen molar-refractivity contribution in [3.05, 3.63) is 52.6 Å². The molecule has 0 atom stereocenters. The third-order valence-corrected chi connectivity index (χ3v) is 4.46. The van der Waals surface area contributed by atoms with Gasteiger partial charge >= 0.3 is 6.18 Å². The third-order valence-electron chi connectivity index (χ3n) is 3.47. The van der Waals surface area contributed by atoms with Crippen LogP contribution in [0, 0.1) is 0 Å². The molecule has 6 nitrogen and oxygen atoms in total. The molecular formula is C15H11ClF3N5OS. The van der Waals surface area contributed by atoms with Gasteiger partial charge in [0.1, 0.15) is 5.03 Å². The van der Waals surface area contributed by atoms with Crippen molar-refractivity contribution in [2.45, 2.75) is 17.7 Å². The molecule has 0 spiro atoms. The van der Waals surface area contributed by atoms with Crippen LogP contribution in [0.4, 0.5) is 13.2 Å². The second-order valence-corrected chi connectivity index (χ2v) is 6.33. The first kappa shape index (κ1) is 18.5. The van der Waals surface area contributed by atoms with Crippen LogP contribution in [0.5, 0.6) is 0 Å². The summed E-state index contributed by atoms with van der Waals surface area (Å²) in [6, 6.07) is 4.01. The minimum Gasteiger partial charge on any atom is -0.345 e. The van der Waals surface area contributed by atoms with Gasteiger partial charge in [0, 0.05) is 12.4 Å². The Kier molecular flexibility index (Phi) is 5.05. The van der Waals surface area contributed by atoms with E-state index in [0.717, 1.165) is 16.7 Å². The number of carbonyl (C=O) groups excluding carboxylic acids is 1. The zero-order valence-electron chi connectivity index (χ0n) is 13.2. The van der Waals surface area contributed by atoms with Crippen molar-refractivity contribution in [3.63, 3.8) is 0 Å². The summed E-state index contributed by atoms with van der Waals surface area (Å²) in [7, 11) is 0. The van der Waals surface area contributed by atoms with Crippen LogP contribution in [0.3, 0.4) is 0 Å². The fourth-order valence-corrected chi connectivity index (χ4v) is 3.05. The smallest absolute Gasteiger partial charge is 0.345 e. The first-order valence-corrected chi connectivity index (χ1v) is 8.79. The van der Waals surface area contributed by atoms with E-state index in [0.29, 0.717) is 10.6 Å². The van der Waals surface area contributed by atoms with Crippen molar-refractivity contribution in [1.82, 2.24) is 24.9 Å². The maximum absolute atomic E-state index is 13.0. The van der Waals surface area contributed by atoms with E-state index in [1.807, 2.05) is 0 Å². The van der Waals surface area contributed by atoms with Gasteiger partial charge in [-0.15, -0.1) is 22.0 Å². The Morgan fingerprint density at radius 3 is 2.85 bits per heavy atom. The minimum atomic E-state index is -4.56. The molecule has 0 saturated heterocycles. The molecule has 0 aromatic carbocycles. The first-order valence-electron chi connectivity index (χ1n) is 7.19. The van der Waals surface area contributed by atoms with Crippen molar-refractivity contribution < 1.29 is 18.0 Å². The quantitative estimate of drug-likeness (QED) is 0.678. The van der Waals surface area contributed by atoms with Crippen LogP contribution in [0.2, 0.25) is 5.02 Å². The first-order chi connectivity index (χ1) is 12.3. The van der Waals surface area contributed by atoms with Crippen molar-refractivity contribution in [3.8, 4) is 0 Å². The van der Waals surface area contributed by atoms with Crippen LogP contribution in [-0.4, -0.2) is 31.7 Å². The molecule has 3 aromatic heterocycles. The summed E-state index contributed by atoms with van der Waals surface area (Å²) >= 11 is 7.17. The summed E-state index contributed by atoms with van der Waals surface area (Å²) < 4.78 is 40.0. The van der Waals surface area contributed by atoms with E-state index in [4.69, 9.17) is 11.6 Å². The number of aromatic nitrogens is 4. The van der Waals surface area contributed by atoms with Crippen LogP contribution < -0.4 is 5.32 Å². The molecule has 3 heterocycles. The van der Waals surface area contributed by atoms with E-state index >= 15 is 0 Å². The predicted molar refractivity (Wildman–Crippen MR) is 90.2 cm³/mol. The van der Waals surface area contributed by atoms with Gasteiger partial charge in [0.2, 0.25) is 0 Å². The molecule has 0 aliphatic rings. The van der Waals surface area contributed by atoms with E-state index in [1.165, 1.54) is 11.8 Å². The maximum atomic E-state index is 13.0. The van der Waals surface area contributed by atoms with Gasteiger partial charge in [-0.1, -0.05) is 11.6 Å². The number of alkyl halides is 3. The minimum absolute atomic E-state index is 0.0788.